The van der Waals surface area contributed by atoms with Gasteiger partial charge in [0.05, 0.1) is 6.42 Å². The number of aromatic hydroxyl groups is 1. The number of hydrogen-bond acceptors (Lipinski definition) is 4. The van der Waals surface area contributed by atoms with Crippen molar-refractivity contribution in [3.63, 3.8) is 0 Å². The molecule has 2 rings (SSSR count). The molecule has 0 spiro atoms. The number of carbonyl (C=O) groups is 1. The molecular formula is C13H14N2O3. The van der Waals surface area contributed by atoms with Gasteiger partial charge < -0.3 is 15.5 Å². The van der Waals surface area contributed by atoms with E-state index >= 15 is 0 Å². The maximum absolute atomic E-state index is 10.6. The number of pyridine rings is 1. The minimum atomic E-state index is -0.863. The summed E-state index contributed by atoms with van der Waals surface area (Å²) in [6, 6.07) is 6.61. The molecule has 0 aliphatic carbocycles. The molecule has 0 saturated carbocycles. The van der Waals surface area contributed by atoms with Gasteiger partial charge in [0.25, 0.3) is 0 Å². The summed E-state index contributed by atoms with van der Waals surface area (Å²) in [6.07, 6.45) is 1.66. The van der Waals surface area contributed by atoms with Crippen LogP contribution in [0.15, 0.2) is 30.5 Å². The number of hydrogen-bond donors (Lipinski definition) is 3. The van der Waals surface area contributed by atoms with E-state index in [1.54, 1.807) is 31.3 Å². The molecule has 0 radical (unpaired) electrons. The van der Waals surface area contributed by atoms with Crippen molar-refractivity contribution in [3.8, 4) is 5.75 Å². The van der Waals surface area contributed by atoms with Crippen LogP contribution in [0.25, 0.3) is 10.8 Å². The molecule has 94 valence electrons. The van der Waals surface area contributed by atoms with Gasteiger partial charge in [0, 0.05) is 17.6 Å². The maximum atomic E-state index is 10.6. The first-order valence-corrected chi connectivity index (χ1v) is 5.62. The lowest BCUT2D eigenvalue weighted by Gasteiger charge is -2.14. The van der Waals surface area contributed by atoms with Crippen LogP contribution in [0.5, 0.6) is 5.75 Å². The summed E-state index contributed by atoms with van der Waals surface area (Å²) in [6.45, 7) is 1.78. The molecule has 2 aromatic rings. The molecule has 1 unspecified atom stereocenters. The van der Waals surface area contributed by atoms with E-state index < -0.39 is 5.97 Å². The zero-order chi connectivity index (χ0) is 13.1. The molecule has 1 aromatic heterocycles. The zero-order valence-electron chi connectivity index (χ0n) is 9.92. The lowest BCUT2D eigenvalue weighted by molar-refractivity contribution is -0.137. The Balaban J connectivity index is 2.32. The standard InChI is InChI=1S/C13H14N2O3/c1-8(6-12(17)18)15-13-11-7-10(16)3-2-9(11)4-5-14-13/h2-5,7-8,16H,6H2,1H3,(H,14,15)(H,17,18). The van der Waals surface area contributed by atoms with Crippen LogP contribution in [0.1, 0.15) is 13.3 Å². The number of aromatic nitrogens is 1. The summed E-state index contributed by atoms with van der Waals surface area (Å²) in [7, 11) is 0. The maximum Gasteiger partial charge on any atom is 0.305 e. The van der Waals surface area contributed by atoms with Crippen LogP contribution < -0.4 is 5.32 Å². The van der Waals surface area contributed by atoms with Gasteiger partial charge in [-0.3, -0.25) is 4.79 Å². The minimum absolute atomic E-state index is 0.0108. The third kappa shape index (κ3) is 2.68. The van der Waals surface area contributed by atoms with Crippen molar-refractivity contribution in [2.45, 2.75) is 19.4 Å². The Hall–Kier alpha value is -2.30. The van der Waals surface area contributed by atoms with Crippen LogP contribution in [0, 0.1) is 0 Å². The summed E-state index contributed by atoms with van der Waals surface area (Å²) in [5.41, 5.74) is 0. The highest BCUT2D eigenvalue weighted by Gasteiger charge is 2.10. The van der Waals surface area contributed by atoms with E-state index in [1.807, 2.05) is 6.07 Å². The number of aliphatic carboxylic acids is 1. The lowest BCUT2D eigenvalue weighted by Crippen LogP contribution is -2.20. The fraction of sp³-hybridized carbons (Fsp3) is 0.231. The van der Waals surface area contributed by atoms with Crippen molar-refractivity contribution < 1.29 is 15.0 Å². The molecule has 3 N–H and O–H groups in total. The number of carboxylic acids is 1. The van der Waals surface area contributed by atoms with E-state index in [0.29, 0.717) is 5.82 Å². The largest absolute Gasteiger partial charge is 0.508 e. The molecule has 0 aliphatic heterocycles. The van der Waals surface area contributed by atoms with Crippen molar-refractivity contribution in [2.24, 2.45) is 0 Å². The number of benzene rings is 1. The molecule has 1 heterocycles. The van der Waals surface area contributed by atoms with Gasteiger partial charge in [-0.15, -0.1) is 0 Å². The second kappa shape index (κ2) is 4.91. The number of rotatable bonds is 4. The van der Waals surface area contributed by atoms with Gasteiger partial charge in [-0.05, 0) is 30.5 Å². The molecule has 0 amide bonds. The summed E-state index contributed by atoms with van der Waals surface area (Å²) in [5.74, 6) is -0.125. The van der Waals surface area contributed by atoms with Crippen molar-refractivity contribution >= 4 is 22.6 Å². The Morgan fingerprint density at radius 1 is 1.44 bits per heavy atom. The Labute approximate surface area is 104 Å². The number of phenols is 1. The van der Waals surface area contributed by atoms with Crippen LogP contribution in [-0.4, -0.2) is 27.2 Å². The van der Waals surface area contributed by atoms with Gasteiger partial charge in [-0.25, -0.2) is 4.98 Å². The topological polar surface area (TPSA) is 82.5 Å². The third-order valence-electron chi connectivity index (χ3n) is 2.61. The number of nitrogens with zero attached hydrogens (tertiary/aromatic N) is 1. The van der Waals surface area contributed by atoms with E-state index in [9.17, 15) is 9.90 Å². The summed E-state index contributed by atoms with van der Waals surface area (Å²) in [4.78, 5) is 14.8. The Bertz CT molecular complexity index is 583. The van der Waals surface area contributed by atoms with E-state index in [0.717, 1.165) is 10.8 Å². The van der Waals surface area contributed by atoms with Crippen LogP contribution in [0.4, 0.5) is 5.82 Å². The quantitative estimate of drug-likeness (QED) is 0.770. The first kappa shape index (κ1) is 12.2. The Kier molecular flexibility index (Phi) is 3.32. The zero-order valence-corrected chi connectivity index (χ0v) is 9.92. The van der Waals surface area contributed by atoms with Gasteiger partial charge in [0.15, 0.2) is 0 Å². The smallest absolute Gasteiger partial charge is 0.305 e. The number of anilines is 1. The predicted molar refractivity (Wildman–Crippen MR) is 68.7 cm³/mol. The van der Waals surface area contributed by atoms with E-state index in [-0.39, 0.29) is 18.2 Å². The second-order valence-electron chi connectivity index (χ2n) is 4.21. The predicted octanol–water partition coefficient (Wildman–Crippen LogP) is 2.22. The molecule has 1 atom stereocenters. The van der Waals surface area contributed by atoms with Crippen molar-refractivity contribution in [1.29, 1.82) is 0 Å². The molecule has 5 nitrogen and oxygen atoms in total. The third-order valence-corrected chi connectivity index (χ3v) is 2.61. The molecule has 0 fully saturated rings. The van der Waals surface area contributed by atoms with E-state index in [4.69, 9.17) is 5.11 Å². The number of carboxylic acid groups (broad SMARTS) is 1. The fourth-order valence-electron chi connectivity index (χ4n) is 1.82. The second-order valence-corrected chi connectivity index (χ2v) is 4.21. The number of fused-ring (bicyclic) bond motifs is 1. The monoisotopic (exact) mass is 246 g/mol. The molecule has 18 heavy (non-hydrogen) atoms. The Morgan fingerprint density at radius 3 is 2.94 bits per heavy atom. The van der Waals surface area contributed by atoms with E-state index in [2.05, 4.69) is 10.3 Å². The summed E-state index contributed by atoms with van der Waals surface area (Å²) in [5, 5.41) is 23.0. The molecule has 1 aromatic carbocycles. The van der Waals surface area contributed by atoms with Gasteiger partial charge in [0.1, 0.15) is 11.6 Å². The summed E-state index contributed by atoms with van der Waals surface area (Å²) >= 11 is 0. The Morgan fingerprint density at radius 2 is 2.22 bits per heavy atom. The van der Waals surface area contributed by atoms with Crippen LogP contribution in [0.2, 0.25) is 0 Å². The highest BCUT2D eigenvalue weighted by atomic mass is 16.4. The van der Waals surface area contributed by atoms with Crippen molar-refractivity contribution in [1.82, 2.24) is 4.98 Å². The summed E-state index contributed by atoms with van der Waals surface area (Å²) < 4.78 is 0. The van der Waals surface area contributed by atoms with Gasteiger partial charge in [-0.2, -0.15) is 0 Å². The number of nitrogens with one attached hydrogen (secondary N) is 1. The SMILES string of the molecule is CC(CC(=O)O)Nc1nccc2ccc(O)cc12. The van der Waals surface area contributed by atoms with Gasteiger partial charge in [0.2, 0.25) is 0 Å². The number of phenolic OH excluding ortho intramolecular Hbond substituents is 1. The first-order chi connectivity index (χ1) is 8.56. The van der Waals surface area contributed by atoms with E-state index in [1.165, 1.54) is 0 Å². The first-order valence-electron chi connectivity index (χ1n) is 5.62. The lowest BCUT2D eigenvalue weighted by atomic mass is 10.1. The van der Waals surface area contributed by atoms with Gasteiger partial charge in [-0.1, -0.05) is 6.07 Å². The normalized spacial score (nSPS) is 12.3. The molecular weight excluding hydrogens is 232 g/mol. The van der Waals surface area contributed by atoms with Gasteiger partial charge >= 0.3 is 5.97 Å². The minimum Gasteiger partial charge on any atom is -0.508 e. The van der Waals surface area contributed by atoms with Crippen LogP contribution >= 0.6 is 0 Å². The average molecular weight is 246 g/mol. The molecule has 0 bridgehead atoms. The molecule has 0 saturated heterocycles. The van der Waals surface area contributed by atoms with Crippen LogP contribution in [0.3, 0.4) is 0 Å². The van der Waals surface area contributed by atoms with Crippen molar-refractivity contribution in [3.05, 3.63) is 30.5 Å². The molecule has 5 heteroatoms. The fourth-order valence-corrected chi connectivity index (χ4v) is 1.82. The highest BCUT2D eigenvalue weighted by Crippen LogP contribution is 2.25. The van der Waals surface area contributed by atoms with Crippen molar-refractivity contribution in [2.75, 3.05) is 5.32 Å². The average Bonchev–Trinajstić information content (AvgIpc) is 2.28. The van der Waals surface area contributed by atoms with Crippen LogP contribution in [-0.2, 0) is 4.79 Å². The molecule has 0 aliphatic rings. The highest BCUT2D eigenvalue weighted by molar-refractivity contribution is 5.92.